The number of thiophene rings is 1. The Labute approximate surface area is 346 Å². The quantitative estimate of drug-likeness (QED) is 0.153. The highest BCUT2D eigenvalue weighted by atomic mass is 32.1. The number of hydrogen-bond donors (Lipinski definition) is 0. The number of nitrogens with zero attached hydrogens (tertiary/aromatic N) is 2. The average molecular weight is 769 g/mol. The third-order valence-corrected chi connectivity index (χ3v) is 13.2. The van der Waals surface area contributed by atoms with Crippen LogP contribution < -0.4 is 4.90 Å². The average Bonchev–Trinajstić information content (AvgIpc) is 3.86. The third-order valence-electron chi connectivity index (χ3n) is 12.0. The van der Waals surface area contributed by atoms with E-state index < -0.39 is 0 Å². The Hall–Kier alpha value is -7.46. The van der Waals surface area contributed by atoms with E-state index in [0.29, 0.717) is 0 Å². The second kappa shape index (κ2) is 13.6. The molecule has 12 rings (SSSR count). The summed E-state index contributed by atoms with van der Waals surface area (Å²) in [6, 6.07) is 79.9. The van der Waals surface area contributed by atoms with Crippen molar-refractivity contribution in [2.45, 2.75) is 0 Å². The largest absolute Gasteiger partial charge is 0.310 e. The van der Waals surface area contributed by atoms with Crippen molar-refractivity contribution in [2.75, 3.05) is 4.90 Å². The zero-order valence-corrected chi connectivity index (χ0v) is 32.9. The van der Waals surface area contributed by atoms with Crippen LogP contribution in [0, 0.1) is 0 Å². The number of rotatable bonds is 6. The molecule has 3 heteroatoms. The Morgan fingerprint density at radius 2 is 0.983 bits per heavy atom. The summed E-state index contributed by atoms with van der Waals surface area (Å²) in [6.45, 7) is 0. The Morgan fingerprint density at radius 3 is 1.80 bits per heavy atom. The molecular weight excluding hydrogens is 733 g/mol. The van der Waals surface area contributed by atoms with Gasteiger partial charge in [0.05, 0.1) is 22.4 Å². The van der Waals surface area contributed by atoms with Gasteiger partial charge in [0.15, 0.2) is 0 Å². The van der Waals surface area contributed by atoms with Gasteiger partial charge in [-0.2, -0.15) is 0 Å². The zero-order valence-electron chi connectivity index (χ0n) is 32.1. The van der Waals surface area contributed by atoms with Crippen LogP contribution in [0.2, 0.25) is 0 Å². The third kappa shape index (κ3) is 5.40. The van der Waals surface area contributed by atoms with E-state index >= 15 is 0 Å². The van der Waals surface area contributed by atoms with Gasteiger partial charge in [-0.3, -0.25) is 0 Å². The first kappa shape index (κ1) is 33.7. The predicted molar refractivity (Wildman–Crippen MR) is 254 cm³/mol. The molecule has 0 aliphatic carbocycles. The van der Waals surface area contributed by atoms with Crippen LogP contribution in [0.4, 0.5) is 17.1 Å². The van der Waals surface area contributed by atoms with Gasteiger partial charge < -0.3 is 9.47 Å². The van der Waals surface area contributed by atoms with E-state index in [1.807, 2.05) is 11.3 Å². The second-order valence-electron chi connectivity index (χ2n) is 15.3. The van der Waals surface area contributed by atoms with Gasteiger partial charge >= 0.3 is 0 Å². The molecule has 0 aliphatic rings. The van der Waals surface area contributed by atoms with Crippen LogP contribution in [0.3, 0.4) is 0 Å². The maximum absolute atomic E-state index is 2.45. The summed E-state index contributed by atoms with van der Waals surface area (Å²) >= 11 is 1.88. The molecular formula is C56H36N2S. The molecule has 2 aromatic heterocycles. The van der Waals surface area contributed by atoms with Gasteiger partial charge in [0.2, 0.25) is 0 Å². The predicted octanol–water partition coefficient (Wildman–Crippen LogP) is 16.3. The molecule has 276 valence electrons. The highest BCUT2D eigenvalue weighted by molar-refractivity contribution is 7.26. The zero-order chi connectivity index (χ0) is 38.9. The first-order chi connectivity index (χ1) is 29.3. The monoisotopic (exact) mass is 768 g/mol. The molecule has 0 saturated carbocycles. The van der Waals surface area contributed by atoms with E-state index in [4.69, 9.17) is 0 Å². The van der Waals surface area contributed by atoms with E-state index in [0.717, 1.165) is 17.1 Å². The van der Waals surface area contributed by atoms with E-state index in [-0.39, 0.29) is 0 Å². The number of benzene rings is 10. The molecule has 0 spiro atoms. The lowest BCUT2D eigenvalue weighted by atomic mass is 9.96. The van der Waals surface area contributed by atoms with Crippen molar-refractivity contribution in [1.82, 2.24) is 4.57 Å². The van der Waals surface area contributed by atoms with E-state index in [1.54, 1.807) is 0 Å². The molecule has 0 unspecified atom stereocenters. The van der Waals surface area contributed by atoms with Crippen molar-refractivity contribution in [3.05, 3.63) is 218 Å². The summed E-state index contributed by atoms with van der Waals surface area (Å²) < 4.78 is 5.00. The summed E-state index contributed by atoms with van der Waals surface area (Å²) in [7, 11) is 0. The molecule has 0 aliphatic heterocycles. The number of hydrogen-bond acceptors (Lipinski definition) is 2. The van der Waals surface area contributed by atoms with Crippen molar-refractivity contribution < 1.29 is 0 Å². The molecule has 0 bridgehead atoms. The second-order valence-corrected chi connectivity index (χ2v) is 16.3. The molecule has 0 saturated heterocycles. The van der Waals surface area contributed by atoms with Crippen molar-refractivity contribution in [1.29, 1.82) is 0 Å². The highest BCUT2D eigenvalue weighted by Gasteiger charge is 2.23. The van der Waals surface area contributed by atoms with Crippen molar-refractivity contribution >= 4 is 91.9 Å². The maximum Gasteiger partial charge on any atom is 0.0555 e. The number of aromatic nitrogens is 1. The molecule has 12 aromatic rings. The molecule has 0 radical (unpaired) electrons. The molecule has 2 heterocycles. The van der Waals surface area contributed by atoms with Crippen LogP contribution in [-0.4, -0.2) is 4.57 Å². The van der Waals surface area contributed by atoms with Gasteiger partial charge in [0, 0.05) is 53.4 Å². The fourth-order valence-corrected chi connectivity index (χ4v) is 10.5. The molecule has 10 aromatic carbocycles. The van der Waals surface area contributed by atoms with Crippen LogP contribution >= 0.6 is 11.3 Å². The van der Waals surface area contributed by atoms with Crippen molar-refractivity contribution in [2.24, 2.45) is 0 Å². The fourth-order valence-electron chi connectivity index (χ4n) is 9.30. The summed E-state index contributed by atoms with van der Waals surface area (Å²) in [5.74, 6) is 0. The normalized spacial score (nSPS) is 11.7. The summed E-state index contributed by atoms with van der Waals surface area (Å²) in [5.41, 5.74) is 11.8. The maximum atomic E-state index is 2.45. The number of fused-ring (bicyclic) bond motifs is 9. The standard InChI is InChI=1S/C56H36N2S/c1-2-17-41(18-3-1)57(42-19-14-16-39(35-42)40-32-31-38-30-29-37-15-4-5-20-43(37)49(38)36-40)53-34-33-47(56-55(53)48-24-9-13-28-54(48)59-56)46-23-8-12-27-52(46)58-50-25-10-6-21-44(50)45-22-7-11-26-51(45)58/h1-36H. The van der Waals surface area contributed by atoms with Crippen LogP contribution in [0.1, 0.15) is 0 Å². The molecule has 59 heavy (non-hydrogen) atoms. The van der Waals surface area contributed by atoms with Gasteiger partial charge in [-0.1, -0.05) is 158 Å². The van der Waals surface area contributed by atoms with Crippen LogP contribution in [0.25, 0.3) is 91.5 Å². The number of anilines is 3. The SMILES string of the molecule is c1ccc(N(c2cccc(-c3ccc4ccc5ccccc5c4c3)c2)c2ccc(-c3ccccc3-n3c4ccccc4c4ccccc43)c3sc4ccccc4c23)cc1. The van der Waals surface area contributed by atoms with Crippen LogP contribution in [-0.2, 0) is 0 Å². The lowest BCUT2D eigenvalue weighted by Crippen LogP contribution is -2.10. The molecule has 2 nitrogen and oxygen atoms in total. The van der Waals surface area contributed by atoms with Gasteiger partial charge in [0.1, 0.15) is 0 Å². The molecule has 0 N–H and O–H groups in total. The van der Waals surface area contributed by atoms with Crippen LogP contribution in [0.5, 0.6) is 0 Å². The smallest absolute Gasteiger partial charge is 0.0555 e. The Bertz CT molecular complexity index is 3520. The lowest BCUT2D eigenvalue weighted by molar-refractivity contribution is 1.18. The minimum atomic E-state index is 1.11. The van der Waals surface area contributed by atoms with E-state index in [9.17, 15) is 0 Å². The molecule has 0 fully saturated rings. The molecule has 0 atom stereocenters. The van der Waals surface area contributed by atoms with Crippen molar-refractivity contribution in [3.63, 3.8) is 0 Å². The lowest BCUT2D eigenvalue weighted by Gasteiger charge is -2.27. The van der Waals surface area contributed by atoms with Crippen LogP contribution in [0.15, 0.2) is 218 Å². The number of para-hydroxylation sites is 4. The first-order valence-corrected chi connectivity index (χ1v) is 21.0. The minimum absolute atomic E-state index is 1.11. The Kier molecular flexibility index (Phi) is 7.75. The van der Waals surface area contributed by atoms with Gasteiger partial charge in [-0.15, -0.1) is 11.3 Å². The fraction of sp³-hybridized carbons (Fsp3) is 0. The van der Waals surface area contributed by atoms with E-state index in [1.165, 1.54) is 91.5 Å². The van der Waals surface area contributed by atoms with Gasteiger partial charge in [0.25, 0.3) is 0 Å². The first-order valence-electron chi connectivity index (χ1n) is 20.2. The van der Waals surface area contributed by atoms with Gasteiger partial charge in [-0.05, 0) is 93.3 Å². The Balaban J connectivity index is 1.08. The highest BCUT2D eigenvalue weighted by Crippen LogP contribution is 2.50. The summed E-state index contributed by atoms with van der Waals surface area (Å²) in [4.78, 5) is 2.45. The molecule has 0 amide bonds. The van der Waals surface area contributed by atoms with E-state index in [2.05, 4.69) is 228 Å². The topological polar surface area (TPSA) is 8.17 Å². The Morgan fingerprint density at radius 1 is 0.373 bits per heavy atom. The van der Waals surface area contributed by atoms with Gasteiger partial charge in [-0.25, -0.2) is 0 Å². The summed E-state index contributed by atoms with van der Waals surface area (Å²) in [6.07, 6.45) is 0. The van der Waals surface area contributed by atoms with Crippen molar-refractivity contribution in [3.8, 4) is 27.9 Å². The minimum Gasteiger partial charge on any atom is -0.310 e. The summed E-state index contributed by atoms with van der Waals surface area (Å²) in [5, 5.41) is 10.1.